The van der Waals surface area contributed by atoms with Gasteiger partial charge in [0.05, 0.1) is 12.6 Å². The van der Waals surface area contributed by atoms with Crippen LogP contribution in [0.4, 0.5) is 5.82 Å². The normalized spacial score (nSPS) is 9.67. The quantitative estimate of drug-likeness (QED) is 0.551. The number of nitrogens with zero attached hydrogens (tertiary/aromatic N) is 2. The van der Waals surface area contributed by atoms with Crippen LogP contribution in [0, 0.1) is 0 Å². The number of carbonyl (C=O) groups excluding carboxylic acids is 1. The molecule has 2 aromatic rings. The number of isocyanates is 1. The lowest BCUT2D eigenvalue weighted by molar-refractivity contribution is 0.415. The van der Waals surface area contributed by atoms with Crippen molar-refractivity contribution in [2.24, 2.45) is 4.99 Å². The maximum Gasteiger partial charge on any atom is 0.242 e. The first kappa shape index (κ1) is 9.37. The number of hydrogen-bond donors (Lipinski definition) is 0. The number of ether oxygens (including phenoxy) is 1. The van der Waals surface area contributed by atoms with Crippen molar-refractivity contribution in [2.45, 2.75) is 0 Å². The molecule has 0 saturated carbocycles. The van der Waals surface area contributed by atoms with Crippen molar-refractivity contribution < 1.29 is 9.53 Å². The third-order valence-corrected chi connectivity index (χ3v) is 2.04. The number of rotatable bonds is 2. The van der Waals surface area contributed by atoms with Crippen molar-refractivity contribution >= 4 is 22.8 Å². The predicted octanol–water partition coefficient (Wildman–Crippen LogP) is 2.21. The summed E-state index contributed by atoms with van der Waals surface area (Å²) >= 11 is 0. The maximum absolute atomic E-state index is 10.1. The van der Waals surface area contributed by atoms with Gasteiger partial charge in [-0.1, -0.05) is 0 Å². The second-order valence-electron chi connectivity index (χ2n) is 2.93. The first-order valence-electron chi connectivity index (χ1n) is 4.36. The summed E-state index contributed by atoms with van der Waals surface area (Å²) in [5.74, 6) is 1.14. The number of hydrogen-bond acceptors (Lipinski definition) is 4. The van der Waals surface area contributed by atoms with Gasteiger partial charge in [-0.25, -0.2) is 9.78 Å². The highest BCUT2D eigenvalue weighted by molar-refractivity contribution is 5.81. The SMILES string of the molecule is COc1ccc2nc(N=C=O)ccc2c1. The Labute approximate surface area is 86.2 Å². The molecule has 1 aromatic heterocycles. The van der Waals surface area contributed by atoms with E-state index in [1.165, 1.54) is 6.08 Å². The van der Waals surface area contributed by atoms with Gasteiger partial charge in [0.25, 0.3) is 0 Å². The van der Waals surface area contributed by atoms with Crippen LogP contribution >= 0.6 is 0 Å². The van der Waals surface area contributed by atoms with Gasteiger partial charge in [-0.3, -0.25) is 0 Å². The second kappa shape index (κ2) is 3.90. The van der Waals surface area contributed by atoms with Gasteiger partial charge in [0.1, 0.15) is 5.75 Å². The molecule has 0 bridgehead atoms. The molecular formula is C11H8N2O2. The molecule has 0 spiro atoms. The summed E-state index contributed by atoms with van der Waals surface area (Å²) < 4.78 is 5.09. The number of aliphatic imine (C=N–C) groups is 1. The molecule has 4 nitrogen and oxygen atoms in total. The molecular weight excluding hydrogens is 192 g/mol. The summed E-state index contributed by atoms with van der Waals surface area (Å²) in [5.41, 5.74) is 0.771. The fourth-order valence-corrected chi connectivity index (χ4v) is 1.33. The summed E-state index contributed by atoms with van der Waals surface area (Å²) in [5, 5.41) is 0.944. The predicted molar refractivity (Wildman–Crippen MR) is 56.1 cm³/mol. The van der Waals surface area contributed by atoms with Gasteiger partial charge < -0.3 is 4.74 Å². The van der Waals surface area contributed by atoms with Crippen LogP contribution in [0.25, 0.3) is 10.9 Å². The zero-order valence-electron chi connectivity index (χ0n) is 8.10. The van der Waals surface area contributed by atoms with E-state index in [2.05, 4.69) is 9.98 Å². The summed E-state index contributed by atoms with van der Waals surface area (Å²) in [6.07, 6.45) is 1.46. The number of benzene rings is 1. The smallest absolute Gasteiger partial charge is 0.242 e. The summed E-state index contributed by atoms with van der Waals surface area (Å²) in [7, 11) is 1.61. The molecule has 0 atom stereocenters. The van der Waals surface area contributed by atoms with E-state index in [-0.39, 0.29) is 0 Å². The van der Waals surface area contributed by atoms with Crippen LogP contribution < -0.4 is 4.74 Å². The molecule has 0 amide bonds. The summed E-state index contributed by atoms with van der Waals surface area (Å²) in [6.45, 7) is 0. The molecule has 4 heteroatoms. The molecule has 1 heterocycles. The zero-order chi connectivity index (χ0) is 10.7. The lowest BCUT2D eigenvalue weighted by atomic mass is 10.2. The van der Waals surface area contributed by atoms with Crippen LogP contribution in [0.15, 0.2) is 35.3 Å². The molecule has 1 aromatic carbocycles. The monoisotopic (exact) mass is 200 g/mol. The van der Waals surface area contributed by atoms with Crippen LogP contribution in [0.2, 0.25) is 0 Å². The molecule has 0 aliphatic heterocycles. The summed E-state index contributed by atoms with van der Waals surface area (Å²) in [4.78, 5) is 17.7. The Kier molecular flexibility index (Phi) is 2.44. The molecule has 15 heavy (non-hydrogen) atoms. The number of pyridine rings is 1. The molecule has 0 radical (unpaired) electrons. The third-order valence-electron chi connectivity index (χ3n) is 2.04. The van der Waals surface area contributed by atoms with Gasteiger partial charge in [0.2, 0.25) is 6.08 Å². The van der Waals surface area contributed by atoms with E-state index in [1.54, 1.807) is 13.2 Å². The zero-order valence-corrected chi connectivity index (χ0v) is 8.10. The second-order valence-corrected chi connectivity index (χ2v) is 2.93. The Hall–Kier alpha value is -2.19. The highest BCUT2D eigenvalue weighted by atomic mass is 16.5. The van der Waals surface area contributed by atoms with E-state index in [0.29, 0.717) is 5.82 Å². The maximum atomic E-state index is 10.1. The molecule has 74 valence electrons. The molecule has 0 unspecified atom stereocenters. The Morgan fingerprint density at radius 1 is 1.33 bits per heavy atom. The fraction of sp³-hybridized carbons (Fsp3) is 0.0909. The van der Waals surface area contributed by atoms with E-state index in [1.807, 2.05) is 24.3 Å². The average molecular weight is 200 g/mol. The van der Waals surface area contributed by atoms with Gasteiger partial charge in [-0.2, -0.15) is 0 Å². The molecule has 0 saturated heterocycles. The van der Waals surface area contributed by atoms with Crippen LogP contribution in [0.5, 0.6) is 5.75 Å². The standard InChI is InChI=1S/C11H8N2O2/c1-15-9-3-4-10-8(6-9)2-5-11(13-10)12-7-14/h2-6H,1H3. The Balaban J connectivity index is 2.59. The molecule has 0 aliphatic rings. The minimum atomic E-state index is 0.364. The number of fused-ring (bicyclic) bond motifs is 1. The number of methoxy groups -OCH3 is 1. The Bertz CT molecular complexity index is 545. The Morgan fingerprint density at radius 2 is 2.20 bits per heavy atom. The van der Waals surface area contributed by atoms with E-state index < -0.39 is 0 Å². The molecule has 0 fully saturated rings. The van der Waals surface area contributed by atoms with Crippen LogP contribution in [0.1, 0.15) is 0 Å². The highest BCUT2D eigenvalue weighted by Gasteiger charge is 1.98. The lowest BCUT2D eigenvalue weighted by Gasteiger charge is -2.01. The topological polar surface area (TPSA) is 51.6 Å². The van der Waals surface area contributed by atoms with Crippen molar-refractivity contribution in [3.05, 3.63) is 30.3 Å². The molecule has 0 N–H and O–H groups in total. The average Bonchev–Trinajstić information content (AvgIpc) is 2.29. The van der Waals surface area contributed by atoms with Gasteiger partial charge in [0, 0.05) is 5.39 Å². The first-order chi connectivity index (χ1) is 7.33. The first-order valence-corrected chi connectivity index (χ1v) is 4.36. The minimum absolute atomic E-state index is 0.364. The van der Waals surface area contributed by atoms with Crippen molar-refractivity contribution in [3.63, 3.8) is 0 Å². The largest absolute Gasteiger partial charge is 0.497 e. The van der Waals surface area contributed by atoms with Crippen molar-refractivity contribution in [1.29, 1.82) is 0 Å². The third kappa shape index (κ3) is 1.85. The molecule has 0 aliphatic carbocycles. The van der Waals surface area contributed by atoms with Crippen LogP contribution in [-0.4, -0.2) is 18.2 Å². The van der Waals surface area contributed by atoms with Crippen molar-refractivity contribution in [3.8, 4) is 5.75 Å². The fourth-order valence-electron chi connectivity index (χ4n) is 1.33. The van der Waals surface area contributed by atoms with Gasteiger partial charge in [-0.05, 0) is 30.3 Å². The minimum Gasteiger partial charge on any atom is -0.497 e. The van der Waals surface area contributed by atoms with E-state index in [4.69, 9.17) is 4.74 Å². The van der Waals surface area contributed by atoms with Gasteiger partial charge in [-0.15, -0.1) is 4.99 Å². The van der Waals surface area contributed by atoms with Crippen LogP contribution in [-0.2, 0) is 4.79 Å². The van der Waals surface area contributed by atoms with Crippen molar-refractivity contribution in [2.75, 3.05) is 7.11 Å². The number of aromatic nitrogens is 1. The van der Waals surface area contributed by atoms with E-state index in [0.717, 1.165) is 16.7 Å². The summed E-state index contributed by atoms with van der Waals surface area (Å²) in [6, 6.07) is 8.99. The lowest BCUT2D eigenvalue weighted by Crippen LogP contribution is -1.84. The molecule has 2 rings (SSSR count). The van der Waals surface area contributed by atoms with E-state index in [9.17, 15) is 4.79 Å². The van der Waals surface area contributed by atoms with Crippen molar-refractivity contribution in [1.82, 2.24) is 4.98 Å². The Morgan fingerprint density at radius 3 is 2.93 bits per heavy atom. The van der Waals surface area contributed by atoms with Crippen LogP contribution in [0.3, 0.4) is 0 Å². The van der Waals surface area contributed by atoms with E-state index >= 15 is 0 Å². The highest BCUT2D eigenvalue weighted by Crippen LogP contribution is 2.21. The van der Waals surface area contributed by atoms with Gasteiger partial charge in [0.15, 0.2) is 5.82 Å². The van der Waals surface area contributed by atoms with Gasteiger partial charge >= 0.3 is 0 Å².